The van der Waals surface area contributed by atoms with Crippen LogP contribution in [0, 0.1) is 0 Å². The van der Waals surface area contributed by atoms with Crippen molar-refractivity contribution in [2.45, 2.75) is 0 Å². The van der Waals surface area contributed by atoms with Crippen LogP contribution in [0.25, 0.3) is 0 Å². The molecule has 0 aliphatic rings. The Labute approximate surface area is 139 Å². The summed E-state index contributed by atoms with van der Waals surface area (Å²) in [5.74, 6) is 1.25. The third-order valence-corrected chi connectivity index (χ3v) is 3.56. The first-order chi connectivity index (χ1) is 11.6. The largest absolute Gasteiger partial charge is 0.497 e. The van der Waals surface area contributed by atoms with Gasteiger partial charge < -0.3 is 18.9 Å². The highest BCUT2D eigenvalue weighted by Gasteiger charge is 2.21. The Morgan fingerprint density at radius 3 is 2.04 bits per heavy atom. The van der Waals surface area contributed by atoms with Crippen LogP contribution in [0.15, 0.2) is 30.3 Å². The van der Waals surface area contributed by atoms with Gasteiger partial charge in [-0.2, -0.15) is 0 Å². The van der Waals surface area contributed by atoms with E-state index < -0.39 is 0 Å². The van der Waals surface area contributed by atoms with Crippen LogP contribution >= 0.6 is 0 Å². The molecular formula is C18H18O6. The summed E-state index contributed by atoms with van der Waals surface area (Å²) in [5.41, 5.74) is 0.700. The second kappa shape index (κ2) is 7.50. The number of aldehydes is 1. The fourth-order valence-corrected chi connectivity index (χ4v) is 2.35. The van der Waals surface area contributed by atoms with Crippen molar-refractivity contribution < 1.29 is 28.5 Å². The van der Waals surface area contributed by atoms with Crippen molar-refractivity contribution in [1.82, 2.24) is 0 Å². The van der Waals surface area contributed by atoms with Crippen LogP contribution in [-0.2, 0) is 0 Å². The van der Waals surface area contributed by atoms with Gasteiger partial charge in [0.25, 0.3) is 0 Å². The van der Waals surface area contributed by atoms with Crippen LogP contribution in [0.3, 0.4) is 0 Å². The highest BCUT2D eigenvalue weighted by molar-refractivity contribution is 6.15. The van der Waals surface area contributed by atoms with E-state index in [4.69, 9.17) is 18.9 Å². The number of ether oxygens (including phenoxy) is 4. The minimum Gasteiger partial charge on any atom is -0.497 e. The van der Waals surface area contributed by atoms with Crippen molar-refractivity contribution in [2.75, 3.05) is 28.4 Å². The molecule has 0 aliphatic heterocycles. The van der Waals surface area contributed by atoms with Gasteiger partial charge in [0.2, 0.25) is 0 Å². The van der Waals surface area contributed by atoms with Gasteiger partial charge >= 0.3 is 0 Å². The molecule has 2 rings (SSSR count). The molecule has 0 saturated heterocycles. The van der Waals surface area contributed by atoms with Crippen molar-refractivity contribution >= 4 is 12.1 Å². The summed E-state index contributed by atoms with van der Waals surface area (Å²) < 4.78 is 20.8. The van der Waals surface area contributed by atoms with Crippen molar-refractivity contribution in [3.8, 4) is 23.0 Å². The molecule has 0 aromatic heterocycles. The topological polar surface area (TPSA) is 71.1 Å². The van der Waals surface area contributed by atoms with Gasteiger partial charge in [0.15, 0.2) is 23.6 Å². The van der Waals surface area contributed by atoms with Crippen LogP contribution in [-0.4, -0.2) is 40.5 Å². The predicted octanol–water partition coefficient (Wildman–Crippen LogP) is 2.76. The van der Waals surface area contributed by atoms with E-state index in [0.29, 0.717) is 29.1 Å². The normalized spacial score (nSPS) is 10.0. The monoisotopic (exact) mass is 330 g/mol. The lowest BCUT2D eigenvalue weighted by Gasteiger charge is -2.13. The first kappa shape index (κ1) is 17.3. The molecule has 2 aromatic rings. The first-order valence-corrected chi connectivity index (χ1v) is 7.07. The fourth-order valence-electron chi connectivity index (χ4n) is 2.35. The third kappa shape index (κ3) is 3.17. The molecule has 0 heterocycles. The number of rotatable bonds is 7. The quantitative estimate of drug-likeness (QED) is 0.574. The molecule has 0 aliphatic carbocycles. The SMILES string of the molecule is COc1cc(C=O)c(C(=O)c2ccc(OC)c(OC)c2)c(OC)c1. The Kier molecular flexibility index (Phi) is 5.42. The summed E-state index contributed by atoms with van der Waals surface area (Å²) in [6.07, 6.45) is 0.596. The van der Waals surface area contributed by atoms with E-state index in [1.54, 1.807) is 24.3 Å². The van der Waals surface area contributed by atoms with Crippen molar-refractivity contribution in [2.24, 2.45) is 0 Å². The van der Waals surface area contributed by atoms with E-state index in [-0.39, 0.29) is 22.7 Å². The number of carbonyl (C=O) groups excluding carboxylic acids is 2. The van der Waals surface area contributed by atoms with Crippen LogP contribution in [0.2, 0.25) is 0 Å². The number of hydrogen-bond donors (Lipinski definition) is 0. The number of methoxy groups -OCH3 is 4. The van der Waals surface area contributed by atoms with Gasteiger partial charge in [0.1, 0.15) is 11.5 Å². The maximum Gasteiger partial charge on any atom is 0.197 e. The molecule has 6 nitrogen and oxygen atoms in total. The summed E-state index contributed by atoms with van der Waals surface area (Å²) in [6, 6.07) is 7.83. The van der Waals surface area contributed by atoms with Crippen LogP contribution < -0.4 is 18.9 Å². The fraction of sp³-hybridized carbons (Fsp3) is 0.222. The Balaban J connectivity index is 2.59. The summed E-state index contributed by atoms with van der Waals surface area (Å²) in [7, 11) is 5.89. The molecule has 0 amide bonds. The van der Waals surface area contributed by atoms with Gasteiger partial charge in [-0.25, -0.2) is 0 Å². The van der Waals surface area contributed by atoms with Crippen LogP contribution in [0.4, 0.5) is 0 Å². The Morgan fingerprint density at radius 2 is 1.50 bits per heavy atom. The van der Waals surface area contributed by atoms with E-state index >= 15 is 0 Å². The zero-order valence-corrected chi connectivity index (χ0v) is 13.9. The van der Waals surface area contributed by atoms with Gasteiger partial charge in [-0.15, -0.1) is 0 Å². The predicted molar refractivity (Wildman–Crippen MR) is 87.9 cm³/mol. The van der Waals surface area contributed by atoms with Gasteiger partial charge in [0.05, 0.1) is 34.0 Å². The standard InChI is InChI=1S/C18H18O6/c1-21-13-7-12(10-19)17(16(9-13)24-4)18(20)11-5-6-14(22-2)15(8-11)23-3/h5-10H,1-4H3. The lowest BCUT2D eigenvalue weighted by Crippen LogP contribution is -2.09. The highest BCUT2D eigenvalue weighted by atomic mass is 16.5. The van der Waals surface area contributed by atoms with E-state index in [1.807, 2.05) is 0 Å². The minimum absolute atomic E-state index is 0.167. The summed E-state index contributed by atoms with van der Waals surface area (Å²) in [5, 5.41) is 0. The molecule has 0 saturated carbocycles. The van der Waals surface area contributed by atoms with Crippen molar-refractivity contribution in [3.63, 3.8) is 0 Å². The van der Waals surface area contributed by atoms with E-state index in [0.717, 1.165) is 0 Å². The average Bonchev–Trinajstić information content (AvgIpc) is 2.65. The Bertz CT molecular complexity index is 766. The van der Waals surface area contributed by atoms with Crippen molar-refractivity contribution in [1.29, 1.82) is 0 Å². The van der Waals surface area contributed by atoms with Crippen molar-refractivity contribution in [3.05, 3.63) is 47.0 Å². The molecule has 126 valence electrons. The summed E-state index contributed by atoms with van der Waals surface area (Å²) in [6.45, 7) is 0. The molecule has 6 heteroatoms. The lowest BCUT2D eigenvalue weighted by molar-refractivity contribution is 0.102. The second-order valence-corrected chi connectivity index (χ2v) is 4.81. The highest BCUT2D eigenvalue weighted by Crippen LogP contribution is 2.33. The zero-order chi connectivity index (χ0) is 17.7. The summed E-state index contributed by atoms with van der Waals surface area (Å²) in [4.78, 5) is 24.3. The maximum absolute atomic E-state index is 12.9. The molecule has 2 aromatic carbocycles. The zero-order valence-electron chi connectivity index (χ0n) is 13.9. The molecule has 0 spiro atoms. The Morgan fingerprint density at radius 1 is 0.833 bits per heavy atom. The van der Waals surface area contributed by atoms with Gasteiger partial charge in [-0.05, 0) is 24.3 Å². The molecule has 0 bridgehead atoms. The smallest absolute Gasteiger partial charge is 0.197 e. The van der Waals surface area contributed by atoms with Crippen LogP contribution in [0.5, 0.6) is 23.0 Å². The number of benzene rings is 2. The molecule has 0 fully saturated rings. The van der Waals surface area contributed by atoms with Crippen LogP contribution in [0.1, 0.15) is 26.3 Å². The minimum atomic E-state index is -0.363. The summed E-state index contributed by atoms with van der Waals surface area (Å²) >= 11 is 0. The van der Waals surface area contributed by atoms with E-state index in [9.17, 15) is 9.59 Å². The maximum atomic E-state index is 12.9. The lowest BCUT2D eigenvalue weighted by atomic mass is 9.97. The average molecular weight is 330 g/mol. The molecule has 0 radical (unpaired) electrons. The van der Waals surface area contributed by atoms with E-state index in [2.05, 4.69) is 0 Å². The molecular weight excluding hydrogens is 312 g/mol. The molecule has 0 unspecified atom stereocenters. The second-order valence-electron chi connectivity index (χ2n) is 4.81. The third-order valence-electron chi connectivity index (χ3n) is 3.56. The molecule has 0 atom stereocenters. The number of carbonyl (C=O) groups is 2. The number of hydrogen-bond acceptors (Lipinski definition) is 6. The first-order valence-electron chi connectivity index (χ1n) is 7.07. The van der Waals surface area contributed by atoms with Gasteiger partial charge in [-0.1, -0.05) is 0 Å². The molecule has 24 heavy (non-hydrogen) atoms. The van der Waals surface area contributed by atoms with Gasteiger partial charge in [0, 0.05) is 17.2 Å². The Hall–Kier alpha value is -3.02. The van der Waals surface area contributed by atoms with Gasteiger partial charge in [-0.3, -0.25) is 9.59 Å². The van der Waals surface area contributed by atoms with E-state index in [1.165, 1.54) is 34.5 Å². The number of ketones is 1. The molecule has 0 N–H and O–H groups in total.